The molecule has 4 rings (SSSR count). The number of amides is 2. The standard InChI is InChI=1S/C21H23N5O2S/c27-21(24-20-23-19(16-29-20)17-5-4-8-22-15-17)26-11-9-25(10-12-26)13-14-28-18-6-2-1-3-7-18/h1-8,15-16H,9-14H2,(H,23,24,27). The molecule has 1 aromatic carbocycles. The smallest absolute Gasteiger partial charge is 0.323 e. The average Bonchev–Trinajstić information content (AvgIpc) is 3.24. The number of para-hydroxylation sites is 1. The third-order valence-electron chi connectivity index (χ3n) is 4.75. The first-order valence-electron chi connectivity index (χ1n) is 9.60. The summed E-state index contributed by atoms with van der Waals surface area (Å²) >= 11 is 1.42. The van der Waals surface area contributed by atoms with E-state index < -0.39 is 0 Å². The summed E-state index contributed by atoms with van der Waals surface area (Å²) in [6.07, 6.45) is 3.49. The van der Waals surface area contributed by atoms with Crippen molar-refractivity contribution in [1.82, 2.24) is 19.8 Å². The molecule has 1 N–H and O–H groups in total. The highest BCUT2D eigenvalue weighted by atomic mass is 32.1. The van der Waals surface area contributed by atoms with Gasteiger partial charge in [-0.3, -0.25) is 15.2 Å². The van der Waals surface area contributed by atoms with Gasteiger partial charge in [0.2, 0.25) is 0 Å². The summed E-state index contributed by atoms with van der Waals surface area (Å²) in [6.45, 7) is 4.56. The lowest BCUT2D eigenvalue weighted by Gasteiger charge is -2.34. The van der Waals surface area contributed by atoms with E-state index in [2.05, 4.69) is 20.2 Å². The number of piperazine rings is 1. The van der Waals surface area contributed by atoms with E-state index in [1.54, 1.807) is 12.4 Å². The van der Waals surface area contributed by atoms with Gasteiger partial charge in [0.1, 0.15) is 12.4 Å². The molecule has 0 unspecified atom stereocenters. The molecule has 1 saturated heterocycles. The molecule has 7 nitrogen and oxygen atoms in total. The van der Waals surface area contributed by atoms with Crippen molar-refractivity contribution in [2.45, 2.75) is 0 Å². The lowest BCUT2D eigenvalue weighted by atomic mass is 10.2. The predicted molar refractivity (Wildman–Crippen MR) is 114 cm³/mol. The van der Waals surface area contributed by atoms with Gasteiger partial charge in [0.25, 0.3) is 0 Å². The minimum absolute atomic E-state index is 0.0997. The van der Waals surface area contributed by atoms with Crippen molar-refractivity contribution in [2.24, 2.45) is 0 Å². The van der Waals surface area contributed by atoms with E-state index in [9.17, 15) is 4.79 Å². The molecule has 1 aliphatic rings. The number of nitrogens with zero attached hydrogens (tertiary/aromatic N) is 4. The molecule has 0 aliphatic carbocycles. The molecule has 0 bridgehead atoms. The van der Waals surface area contributed by atoms with Crippen LogP contribution in [0.2, 0.25) is 0 Å². The first-order valence-corrected chi connectivity index (χ1v) is 10.5. The summed E-state index contributed by atoms with van der Waals surface area (Å²) in [6, 6.07) is 13.6. The SMILES string of the molecule is O=C(Nc1nc(-c2cccnc2)cs1)N1CCN(CCOc2ccccc2)CC1. The summed E-state index contributed by atoms with van der Waals surface area (Å²) in [4.78, 5) is 25.3. The van der Waals surface area contributed by atoms with Gasteiger partial charge in [-0.25, -0.2) is 9.78 Å². The lowest BCUT2D eigenvalue weighted by molar-refractivity contribution is 0.132. The number of urea groups is 1. The van der Waals surface area contributed by atoms with E-state index in [0.29, 0.717) is 24.8 Å². The molecule has 2 amide bonds. The second kappa shape index (κ2) is 9.49. The highest BCUT2D eigenvalue weighted by molar-refractivity contribution is 7.14. The monoisotopic (exact) mass is 409 g/mol. The summed E-state index contributed by atoms with van der Waals surface area (Å²) in [5.41, 5.74) is 1.76. The number of anilines is 1. The van der Waals surface area contributed by atoms with E-state index in [1.807, 2.05) is 52.7 Å². The van der Waals surface area contributed by atoms with Gasteiger partial charge in [-0.15, -0.1) is 11.3 Å². The van der Waals surface area contributed by atoms with Crippen molar-refractivity contribution in [3.05, 3.63) is 60.2 Å². The van der Waals surface area contributed by atoms with Gasteiger partial charge in [0.15, 0.2) is 5.13 Å². The Bertz CT molecular complexity index is 911. The van der Waals surface area contributed by atoms with Gasteiger partial charge >= 0.3 is 6.03 Å². The van der Waals surface area contributed by atoms with Gasteiger partial charge < -0.3 is 9.64 Å². The van der Waals surface area contributed by atoms with E-state index in [4.69, 9.17) is 4.74 Å². The number of nitrogens with one attached hydrogen (secondary N) is 1. The van der Waals surface area contributed by atoms with Crippen LogP contribution in [-0.2, 0) is 0 Å². The average molecular weight is 410 g/mol. The van der Waals surface area contributed by atoms with E-state index >= 15 is 0 Å². The second-order valence-corrected chi connectivity index (χ2v) is 7.56. The Morgan fingerprint density at radius 2 is 1.93 bits per heavy atom. The number of carbonyl (C=O) groups excluding carboxylic acids is 1. The molecule has 0 atom stereocenters. The number of thiazole rings is 1. The fourth-order valence-electron chi connectivity index (χ4n) is 3.13. The van der Waals surface area contributed by atoms with Crippen molar-refractivity contribution >= 4 is 22.5 Å². The minimum atomic E-state index is -0.0997. The van der Waals surface area contributed by atoms with Crippen molar-refractivity contribution in [2.75, 3.05) is 44.6 Å². The maximum Gasteiger partial charge on any atom is 0.323 e. The number of benzene rings is 1. The molecule has 150 valence electrons. The lowest BCUT2D eigenvalue weighted by Crippen LogP contribution is -2.50. The zero-order chi connectivity index (χ0) is 19.9. The van der Waals surface area contributed by atoms with Crippen LogP contribution in [0.4, 0.5) is 9.93 Å². The van der Waals surface area contributed by atoms with Gasteiger partial charge in [-0.2, -0.15) is 0 Å². The zero-order valence-corrected chi connectivity index (χ0v) is 16.8. The number of hydrogen-bond donors (Lipinski definition) is 1. The van der Waals surface area contributed by atoms with Crippen molar-refractivity contribution in [3.8, 4) is 17.0 Å². The molecule has 3 heterocycles. The normalized spacial score (nSPS) is 14.6. The Balaban J connectivity index is 1.21. The molecule has 0 saturated carbocycles. The summed E-state index contributed by atoms with van der Waals surface area (Å²) in [5, 5.41) is 5.44. The highest BCUT2D eigenvalue weighted by Crippen LogP contribution is 2.24. The topological polar surface area (TPSA) is 70.6 Å². The van der Waals surface area contributed by atoms with Gasteiger partial charge in [-0.1, -0.05) is 18.2 Å². The van der Waals surface area contributed by atoms with Crippen LogP contribution in [0, 0.1) is 0 Å². The van der Waals surface area contributed by atoms with Crippen molar-refractivity contribution in [3.63, 3.8) is 0 Å². The summed E-state index contributed by atoms with van der Waals surface area (Å²) in [5.74, 6) is 0.889. The molecule has 3 aromatic rings. The molecule has 2 aromatic heterocycles. The summed E-state index contributed by atoms with van der Waals surface area (Å²) in [7, 11) is 0. The van der Waals surface area contributed by atoms with Crippen LogP contribution in [0.25, 0.3) is 11.3 Å². The number of rotatable bonds is 6. The number of aromatic nitrogens is 2. The van der Waals surface area contributed by atoms with Gasteiger partial charge in [-0.05, 0) is 24.3 Å². The molecule has 29 heavy (non-hydrogen) atoms. The molecule has 1 fully saturated rings. The van der Waals surface area contributed by atoms with Crippen LogP contribution in [0.1, 0.15) is 0 Å². The number of carbonyl (C=O) groups is 1. The molecular weight excluding hydrogens is 386 g/mol. The van der Waals surface area contributed by atoms with Crippen molar-refractivity contribution < 1.29 is 9.53 Å². The molecule has 8 heteroatoms. The molecular formula is C21H23N5O2S. The maximum atomic E-state index is 12.5. The van der Waals surface area contributed by atoms with Crippen LogP contribution in [0.5, 0.6) is 5.75 Å². The highest BCUT2D eigenvalue weighted by Gasteiger charge is 2.21. The van der Waals surface area contributed by atoms with Crippen LogP contribution in [0.15, 0.2) is 60.2 Å². The fraction of sp³-hybridized carbons (Fsp3) is 0.286. The Morgan fingerprint density at radius 1 is 1.10 bits per heavy atom. The quantitative estimate of drug-likeness (QED) is 0.675. The second-order valence-electron chi connectivity index (χ2n) is 6.70. The zero-order valence-electron chi connectivity index (χ0n) is 16.0. The third-order valence-corrected chi connectivity index (χ3v) is 5.51. The van der Waals surface area contributed by atoms with E-state index in [-0.39, 0.29) is 6.03 Å². The molecule has 1 aliphatic heterocycles. The number of hydrogen-bond acceptors (Lipinski definition) is 6. The maximum absolute atomic E-state index is 12.5. The first kappa shape index (κ1) is 19.4. The summed E-state index contributed by atoms with van der Waals surface area (Å²) < 4.78 is 5.75. The Hall–Kier alpha value is -2.97. The van der Waals surface area contributed by atoms with E-state index in [1.165, 1.54) is 11.3 Å². The Labute approximate surface area is 174 Å². The minimum Gasteiger partial charge on any atom is -0.492 e. The number of pyridine rings is 1. The fourth-order valence-corrected chi connectivity index (χ4v) is 3.84. The Kier molecular flexibility index (Phi) is 6.33. The van der Waals surface area contributed by atoms with E-state index in [0.717, 1.165) is 36.6 Å². The predicted octanol–water partition coefficient (Wildman–Crippen LogP) is 3.43. The van der Waals surface area contributed by atoms with Crippen LogP contribution < -0.4 is 10.1 Å². The van der Waals surface area contributed by atoms with Crippen molar-refractivity contribution in [1.29, 1.82) is 0 Å². The molecule has 0 radical (unpaired) electrons. The molecule has 0 spiro atoms. The van der Waals surface area contributed by atoms with Gasteiger partial charge in [0, 0.05) is 56.1 Å². The van der Waals surface area contributed by atoms with Crippen LogP contribution in [-0.4, -0.2) is 65.1 Å². The Morgan fingerprint density at radius 3 is 2.69 bits per heavy atom. The van der Waals surface area contributed by atoms with Gasteiger partial charge in [0.05, 0.1) is 5.69 Å². The first-order chi connectivity index (χ1) is 14.3. The third kappa shape index (κ3) is 5.30. The van der Waals surface area contributed by atoms with Crippen LogP contribution >= 0.6 is 11.3 Å². The largest absolute Gasteiger partial charge is 0.492 e. The number of ether oxygens (including phenoxy) is 1. The van der Waals surface area contributed by atoms with Crippen LogP contribution in [0.3, 0.4) is 0 Å².